The molecule has 0 saturated heterocycles. The Balaban J connectivity index is 3.23. The van der Waals surface area contributed by atoms with Crippen LogP contribution in [0.3, 0.4) is 0 Å². The highest BCUT2D eigenvalue weighted by Gasteiger charge is 2.02. The van der Waals surface area contributed by atoms with Crippen LogP contribution in [-0.4, -0.2) is 19.5 Å². The molecule has 0 rings (SSSR count). The molecule has 1 atom stereocenters. The summed E-state index contributed by atoms with van der Waals surface area (Å²) < 4.78 is 21.0. The van der Waals surface area contributed by atoms with Gasteiger partial charge in [-0.3, -0.25) is 0 Å². The van der Waals surface area contributed by atoms with Crippen LogP contribution in [0.25, 0.3) is 0 Å². The summed E-state index contributed by atoms with van der Waals surface area (Å²) in [5, 5.41) is 5.00. The summed E-state index contributed by atoms with van der Waals surface area (Å²) in [6, 6.07) is 0. The minimum atomic E-state index is -3.26. The van der Waals surface area contributed by atoms with Crippen LogP contribution in [0.4, 0.5) is 0 Å². The van der Waals surface area contributed by atoms with Crippen LogP contribution >= 0.6 is 11.6 Å². The molecular formula is C7H16ClNO2S. The molecule has 5 heteroatoms. The molecule has 2 N–H and O–H groups in total. The van der Waals surface area contributed by atoms with Gasteiger partial charge >= 0.3 is 0 Å². The van der Waals surface area contributed by atoms with Crippen molar-refractivity contribution >= 4 is 21.6 Å². The topological polar surface area (TPSA) is 60.2 Å². The van der Waals surface area contributed by atoms with Gasteiger partial charge in [0.2, 0.25) is 10.0 Å². The van der Waals surface area contributed by atoms with Gasteiger partial charge in [0, 0.05) is 5.38 Å². The van der Waals surface area contributed by atoms with E-state index in [0.717, 1.165) is 19.3 Å². The van der Waals surface area contributed by atoms with Gasteiger partial charge < -0.3 is 0 Å². The van der Waals surface area contributed by atoms with E-state index in [-0.39, 0.29) is 11.1 Å². The molecule has 0 aromatic heterocycles. The number of primary sulfonamides is 1. The molecule has 1 unspecified atom stereocenters. The van der Waals surface area contributed by atoms with Gasteiger partial charge in [-0.2, -0.15) is 0 Å². The zero-order valence-corrected chi connectivity index (χ0v) is 8.87. The zero-order valence-electron chi connectivity index (χ0n) is 7.29. The summed E-state index contributed by atoms with van der Waals surface area (Å²) in [6.07, 6.45) is 3.43. The fourth-order valence-electron chi connectivity index (χ4n) is 0.906. The maximum atomic E-state index is 10.5. The summed E-state index contributed by atoms with van der Waals surface area (Å²) >= 11 is 5.70. The number of alkyl halides is 1. The maximum absolute atomic E-state index is 10.5. The second kappa shape index (κ2) is 5.78. The lowest BCUT2D eigenvalue weighted by molar-refractivity contribution is 0.589. The average molecular weight is 214 g/mol. The molecule has 0 aromatic rings. The number of rotatable bonds is 6. The van der Waals surface area contributed by atoms with Gasteiger partial charge in [-0.1, -0.05) is 12.8 Å². The molecule has 0 fully saturated rings. The van der Waals surface area contributed by atoms with Gasteiger partial charge in [-0.15, -0.1) is 11.6 Å². The number of sulfonamides is 1. The first-order valence-electron chi connectivity index (χ1n) is 4.06. The van der Waals surface area contributed by atoms with Crippen LogP contribution in [0.5, 0.6) is 0 Å². The molecule has 0 aliphatic rings. The normalized spacial score (nSPS) is 14.6. The first-order valence-corrected chi connectivity index (χ1v) is 6.21. The second-order valence-corrected chi connectivity index (χ2v) is 5.48. The SMILES string of the molecule is CC(Cl)CCCCCS(N)(=O)=O. The molecule has 0 aliphatic carbocycles. The number of halogens is 1. The zero-order chi connectivity index (χ0) is 9.61. The van der Waals surface area contributed by atoms with Gasteiger partial charge in [0.15, 0.2) is 0 Å². The van der Waals surface area contributed by atoms with E-state index >= 15 is 0 Å². The third-order valence-corrected chi connectivity index (χ3v) is 2.61. The van der Waals surface area contributed by atoms with Crippen molar-refractivity contribution in [1.29, 1.82) is 0 Å². The van der Waals surface area contributed by atoms with Crippen molar-refractivity contribution in [3.05, 3.63) is 0 Å². The predicted molar refractivity (Wildman–Crippen MR) is 51.8 cm³/mol. The monoisotopic (exact) mass is 213 g/mol. The molecule has 12 heavy (non-hydrogen) atoms. The largest absolute Gasteiger partial charge is 0.229 e. The molecule has 3 nitrogen and oxygen atoms in total. The van der Waals surface area contributed by atoms with Crippen LogP contribution in [0.1, 0.15) is 32.6 Å². The molecule has 0 saturated carbocycles. The summed E-state index contributed by atoms with van der Waals surface area (Å²) in [6.45, 7) is 1.93. The van der Waals surface area contributed by atoms with E-state index in [2.05, 4.69) is 0 Å². The molecule has 0 aliphatic heterocycles. The second-order valence-electron chi connectivity index (χ2n) is 3.00. The van der Waals surface area contributed by atoms with Crippen molar-refractivity contribution in [3.63, 3.8) is 0 Å². The lowest BCUT2D eigenvalue weighted by Gasteiger charge is -2.01. The van der Waals surface area contributed by atoms with Crippen molar-refractivity contribution in [3.8, 4) is 0 Å². The Kier molecular flexibility index (Phi) is 5.88. The number of unbranched alkanes of at least 4 members (excludes halogenated alkanes) is 2. The van der Waals surface area contributed by atoms with Crippen molar-refractivity contribution < 1.29 is 8.42 Å². The summed E-state index contributed by atoms with van der Waals surface area (Å²) in [5.41, 5.74) is 0. The van der Waals surface area contributed by atoms with Crippen LogP contribution in [-0.2, 0) is 10.0 Å². The lowest BCUT2D eigenvalue weighted by Crippen LogP contribution is -2.16. The quantitative estimate of drug-likeness (QED) is 0.537. The Morgan fingerprint density at radius 1 is 1.33 bits per heavy atom. The van der Waals surface area contributed by atoms with Crippen LogP contribution in [0.15, 0.2) is 0 Å². The highest BCUT2D eigenvalue weighted by atomic mass is 35.5. The van der Waals surface area contributed by atoms with E-state index < -0.39 is 10.0 Å². The fourth-order valence-corrected chi connectivity index (χ4v) is 1.67. The molecule has 74 valence electrons. The first kappa shape index (κ1) is 12.2. The summed E-state index contributed by atoms with van der Waals surface area (Å²) in [4.78, 5) is 0. The van der Waals surface area contributed by atoms with Gasteiger partial charge in [0.25, 0.3) is 0 Å². The third-order valence-electron chi connectivity index (χ3n) is 1.53. The lowest BCUT2D eigenvalue weighted by atomic mass is 10.2. The van der Waals surface area contributed by atoms with E-state index in [1.807, 2.05) is 6.92 Å². The van der Waals surface area contributed by atoms with E-state index in [4.69, 9.17) is 16.7 Å². The van der Waals surface area contributed by atoms with Crippen molar-refractivity contribution in [2.24, 2.45) is 5.14 Å². The molecule has 0 aromatic carbocycles. The minimum absolute atomic E-state index is 0.0870. The Morgan fingerprint density at radius 3 is 2.33 bits per heavy atom. The molecule has 0 heterocycles. The van der Waals surface area contributed by atoms with Crippen molar-refractivity contribution in [2.45, 2.75) is 38.0 Å². The smallest absolute Gasteiger partial charge is 0.209 e. The maximum Gasteiger partial charge on any atom is 0.209 e. The number of nitrogens with two attached hydrogens (primary N) is 1. The van der Waals surface area contributed by atoms with Gasteiger partial charge in [-0.25, -0.2) is 13.6 Å². The summed E-state index contributed by atoms with van der Waals surface area (Å²) in [7, 11) is -3.26. The van der Waals surface area contributed by atoms with E-state index in [9.17, 15) is 8.42 Å². The number of hydrogen-bond donors (Lipinski definition) is 1. The molecule has 0 amide bonds. The molecule has 0 bridgehead atoms. The Labute approximate surface area is 79.3 Å². The van der Waals surface area contributed by atoms with Crippen LogP contribution < -0.4 is 5.14 Å². The van der Waals surface area contributed by atoms with Crippen LogP contribution in [0.2, 0.25) is 0 Å². The Bertz CT molecular complexity index is 201. The molecule has 0 radical (unpaired) electrons. The standard InChI is InChI=1S/C7H16ClNO2S/c1-7(8)5-3-2-4-6-12(9,10)11/h7H,2-6H2,1H3,(H2,9,10,11). The van der Waals surface area contributed by atoms with Gasteiger partial charge in [0.05, 0.1) is 5.75 Å². The Morgan fingerprint density at radius 2 is 1.92 bits per heavy atom. The highest BCUT2D eigenvalue weighted by Crippen LogP contribution is 2.08. The summed E-state index contributed by atoms with van der Waals surface area (Å²) in [5.74, 6) is 0.0870. The van der Waals surface area contributed by atoms with Gasteiger partial charge in [-0.05, 0) is 19.8 Å². The Hall–Kier alpha value is 0.200. The van der Waals surface area contributed by atoms with Crippen molar-refractivity contribution in [1.82, 2.24) is 0 Å². The average Bonchev–Trinajstić information content (AvgIpc) is 1.83. The highest BCUT2D eigenvalue weighted by molar-refractivity contribution is 7.89. The van der Waals surface area contributed by atoms with Crippen molar-refractivity contribution in [2.75, 3.05) is 5.75 Å². The van der Waals surface area contributed by atoms with E-state index in [1.165, 1.54) is 0 Å². The van der Waals surface area contributed by atoms with Gasteiger partial charge in [0.1, 0.15) is 0 Å². The minimum Gasteiger partial charge on any atom is -0.229 e. The fraction of sp³-hybridized carbons (Fsp3) is 1.00. The van der Waals surface area contributed by atoms with E-state index in [0.29, 0.717) is 6.42 Å². The first-order chi connectivity index (χ1) is 5.42. The predicted octanol–water partition coefficient (Wildman–Crippen LogP) is 1.46. The van der Waals surface area contributed by atoms with E-state index in [1.54, 1.807) is 0 Å². The van der Waals surface area contributed by atoms with Crippen LogP contribution in [0, 0.1) is 0 Å². The number of hydrogen-bond acceptors (Lipinski definition) is 2. The third kappa shape index (κ3) is 10.2. The molecular weight excluding hydrogens is 198 g/mol. The molecule has 0 spiro atoms.